The molecule has 0 saturated carbocycles. The third kappa shape index (κ3) is 5.40. The summed E-state index contributed by atoms with van der Waals surface area (Å²) in [5.74, 6) is 0.816. The number of carboxylic acids is 1. The van der Waals surface area contributed by atoms with E-state index in [0.29, 0.717) is 18.2 Å². The molecule has 5 heteroatoms. The van der Waals surface area contributed by atoms with Crippen molar-refractivity contribution in [3.63, 3.8) is 0 Å². The third-order valence-electron chi connectivity index (χ3n) is 1.42. The lowest BCUT2D eigenvalue weighted by atomic mass is 10.2. The van der Waals surface area contributed by atoms with Crippen LogP contribution in [0.4, 0.5) is 0 Å². The zero-order chi connectivity index (χ0) is 9.56. The number of thioether (sulfide) groups is 1. The normalized spacial score (nSPS) is 15.6. The van der Waals surface area contributed by atoms with Gasteiger partial charge in [0.2, 0.25) is 0 Å². The zero-order valence-corrected chi connectivity index (χ0v) is 8.01. The largest absolute Gasteiger partial charge is 0.480 e. The van der Waals surface area contributed by atoms with Crippen LogP contribution in [0.3, 0.4) is 0 Å². The van der Waals surface area contributed by atoms with Crippen molar-refractivity contribution in [1.29, 1.82) is 0 Å². The number of carbonyl (C=O) groups is 1. The van der Waals surface area contributed by atoms with Gasteiger partial charge in [-0.1, -0.05) is 6.92 Å². The van der Waals surface area contributed by atoms with Crippen LogP contribution in [0.15, 0.2) is 0 Å². The molecule has 2 atom stereocenters. The van der Waals surface area contributed by atoms with Gasteiger partial charge in [0.05, 0.1) is 0 Å². The highest BCUT2D eigenvalue weighted by Gasteiger charge is 2.11. The van der Waals surface area contributed by atoms with Gasteiger partial charge in [0.15, 0.2) is 0 Å². The zero-order valence-electron chi connectivity index (χ0n) is 7.19. The Balaban J connectivity index is 3.37. The van der Waals surface area contributed by atoms with Crippen molar-refractivity contribution in [3.8, 4) is 0 Å². The first kappa shape index (κ1) is 11.7. The molecule has 0 aliphatic heterocycles. The van der Waals surface area contributed by atoms with Crippen LogP contribution in [0.1, 0.15) is 6.92 Å². The number of nitrogens with two attached hydrogens (primary N) is 2. The maximum atomic E-state index is 10.3. The Morgan fingerprint density at radius 3 is 2.58 bits per heavy atom. The lowest BCUT2D eigenvalue weighted by Crippen LogP contribution is -2.32. The minimum atomic E-state index is -0.942. The molecule has 0 amide bonds. The predicted octanol–water partition coefficient (Wildman–Crippen LogP) is -0.274. The maximum absolute atomic E-state index is 10.3. The fourth-order valence-corrected chi connectivity index (χ4v) is 1.61. The summed E-state index contributed by atoms with van der Waals surface area (Å²) in [6.07, 6.45) is 0. The lowest BCUT2D eigenvalue weighted by molar-refractivity contribution is -0.137. The van der Waals surface area contributed by atoms with Gasteiger partial charge in [-0.25, -0.2) is 0 Å². The topological polar surface area (TPSA) is 89.3 Å². The van der Waals surface area contributed by atoms with Crippen molar-refractivity contribution in [2.75, 3.05) is 18.1 Å². The molecule has 0 bridgehead atoms. The number of carboxylic acid groups (broad SMARTS) is 1. The summed E-state index contributed by atoms with van der Waals surface area (Å²) in [5, 5.41) is 8.44. The number of hydrogen-bond acceptors (Lipinski definition) is 4. The predicted molar refractivity (Wildman–Crippen MR) is 51.2 cm³/mol. The summed E-state index contributed by atoms with van der Waals surface area (Å²) < 4.78 is 0. The second kappa shape index (κ2) is 6.28. The summed E-state index contributed by atoms with van der Waals surface area (Å²) in [6.45, 7) is 2.66. The van der Waals surface area contributed by atoms with Crippen LogP contribution >= 0.6 is 11.8 Å². The average Bonchev–Trinajstić information content (AvgIpc) is 2.03. The molecule has 0 saturated heterocycles. The maximum Gasteiger partial charge on any atom is 0.321 e. The Morgan fingerprint density at radius 1 is 1.58 bits per heavy atom. The van der Waals surface area contributed by atoms with Gasteiger partial charge in [0.1, 0.15) is 6.04 Å². The standard InChI is InChI=1S/C7H16N2O2S/c1-5(2-8)3-12-4-6(9)7(10)11/h5-6H,2-4,8-9H2,1H3,(H,10,11). The van der Waals surface area contributed by atoms with E-state index in [1.165, 1.54) is 11.8 Å². The van der Waals surface area contributed by atoms with Gasteiger partial charge in [0.25, 0.3) is 0 Å². The second-order valence-electron chi connectivity index (χ2n) is 2.82. The summed E-state index contributed by atoms with van der Waals surface area (Å²) in [6, 6.07) is -0.750. The van der Waals surface area contributed by atoms with Crippen LogP contribution in [0.5, 0.6) is 0 Å². The van der Waals surface area contributed by atoms with Crippen molar-refractivity contribution in [2.45, 2.75) is 13.0 Å². The van der Waals surface area contributed by atoms with Crippen molar-refractivity contribution in [3.05, 3.63) is 0 Å². The van der Waals surface area contributed by atoms with Crippen molar-refractivity contribution < 1.29 is 9.90 Å². The molecule has 0 fully saturated rings. The number of hydrogen-bond donors (Lipinski definition) is 3. The molecule has 5 N–H and O–H groups in total. The molecule has 0 heterocycles. The van der Waals surface area contributed by atoms with E-state index in [1.807, 2.05) is 6.92 Å². The minimum Gasteiger partial charge on any atom is -0.480 e. The highest BCUT2D eigenvalue weighted by Crippen LogP contribution is 2.07. The van der Waals surface area contributed by atoms with Gasteiger partial charge in [0, 0.05) is 5.75 Å². The van der Waals surface area contributed by atoms with Gasteiger partial charge >= 0.3 is 5.97 Å². The molecule has 0 rings (SSSR count). The number of aliphatic carboxylic acids is 1. The molecule has 2 unspecified atom stereocenters. The monoisotopic (exact) mass is 192 g/mol. The van der Waals surface area contributed by atoms with E-state index in [1.54, 1.807) is 0 Å². The van der Waals surface area contributed by atoms with Crippen LogP contribution in [0.2, 0.25) is 0 Å². The fraction of sp³-hybridized carbons (Fsp3) is 0.857. The van der Waals surface area contributed by atoms with Crippen LogP contribution in [0, 0.1) is 5.92 Å². The first-order valence-corrected chi connectivity index (χ1v) is 4.99. The van der Waals surface area contributed by atoms with Crippen molar-refractivity contribution in [2.24, 2.45) is 17.4 Å². The van der Waals surface area contributed by atoms with E-state index in [-0.39, 0.29) is 0 Å². The first-order chi connectivity index (χ1) is 5.57. The molecule has 0 spiro atoms. The average molecular weight is 192 g/mol. The summed E-state index contributed by atoms with van der Waals surface area (Å²) in [7, 11) is 0. The summed E-state index contributed by atoms with van der Waals surface area (Å²) >= 11 is 1.54. The molecule has 12 heavy (non-hydrogen) atoms. The summed E-state index contributed by atoms with van der Waals surface area (Å²) in [4.78, 5) is 10.3. The SMILES string of the molecule is CC(CN)CSCC(N)C(=O)O. The van der Waals surface area contributed by atoms with Gasteiger partial charge in [-0.3, -0.25) is 4.79 Å². The molecule has 4 nitrogen and oxygen atoms in total. The van der Waals surface area contributed by atoms with Crippen LogP contribution in [0.25, 0.3) is 0 Å². The van der Waals surface area contributed by atoms with E-state index in [9.17, 15) is 4.79 Å². The highest BCUT2D eigenvalue weighted by atomic mass is 32.2. The van der Waals surface area contributed by atoms with Gasteiger partial charge in [-0.05, 0) is 18.2 Å². The van der Waals surface area contributed by atoms with Crippen molar-refractivity contribution >= 4 is 17.7 Å². The Morgan fingerprint density at radius 2 is 2.17 bits per heavy atom. The van der Waals surface area contributed by atoms with Crippen LogP contribution in [-0.4, -0.2) is 35.2 Å². The summed E-state index contributed by atoms with van der Waals surface area (Å²) in [5.41, 5.74) is 10.7. The van der Waals surface area contributed by atoms with Gasteiger partial charge < -0.3 is 16.6 Å². The molecule has 0 aromatic heterocycles. The lowest BCUT2D eigenvalue weighted by Gasteiger charge is -2.09. The van der Waals surface area contributed by atoms with E-state index < -0.39 is 12.0 Å². The first-order valence-electron chi connectivity index (χ1n) is 3.84. The third-order valence-corrected chi connectivity index (χ3v) is 2.82. The fourth-order valence-electron chi connectivity index (χ4n) is 0.536. The molecule has 0 aliphatic rings. The molecular weight excluding hydrogens is 176 g/mol. The van der Waals surface area contributed by atoms with Crippen LogP contribution < -0.4 is 11.5 Å². The number of rotatable bonds is 6. The van der Waals surface area contributed by atoms with E-state index in [4.69, 9.17) is 16.6 Å². The molecule has 0 aromatic carbocycles. The molecule has 72 valence electrons. The van der Waals surface area contributed by atoms with Crippen LogP contribution in [-0.2, 0) is 4.79 Å². The minimum absolute atomic E-state index is 0.427. The smallest absolute Gasteiger partial charge is 0.321 e. The molecule has 0 radical (unpaired) electrons. The van der Waals surface area contributed by atoms with Crippen molar-refractivity contribution in [1.82, 2.24) is 0 Å². The Hall–Kier alpha value is -0.260. The van der Waals surface area contributed by atoms with Gasteiger partial charge in [-0.15, -0.1) is 0 Å². The highest BCUT2D eigenvalue weighted by molar-refractivity contribution is 7.99. The Kier molecular flexibility index (Phi) is 6.14. The molecule has 0 aliphatic carbocycles. The molecule has 0 aromatic rings. The Labute approximate surface area is 76.7 Å². The van der Waals surface area contributed by atoms with Gasteiger partial charge in [-0.2, -0.15) is 11.8 Å². The Bertz CT molecular complexity index is 143. The van der Waals surface area contributed by atoms with E-state index >= 15 is 0 Å². The quantitative estimate of drug-likeness (QED) is 0.539. The van der Waals surface area contributed by atoms with E-state index in [0.717, 1.165) is 5.75 Å². The van der Waals surface area contributed by atoms with E-state index in [2.05, 4.69) is 0 Å². The second-order valence-corrected chi connectivity index (χ2v) is 3.90. The molecular formula is C7H16N2O2S.